The lowest BCUT2D eigenvalue weighted by Crippen LogP contribution is -2.26. The Morgan fingerprint density at radius 1 is 1.15 bits per heavy atom. The van der Waals surface area contributed by atoms with Crippen LogP contribution in [-0.4, -0.2) is 33.7 Å². The third kappa shape index (κ3) is 7.40. The first kappa shape index (κ1) is 19.5. The normalized spacial score (nSPS) is 11.3. The zero-order valence-electron chi connectivity index (χ0n) is 14.7. The van der Waals surface area contributed by atoms with Gasteiger partial charge < -0.3 is 10.1 Å². The lowest BCUT2D eigenvalue weighted by atomic mass is 10.2. The van der Waals surface area contributed by atoms with Gasteiger partial charge in [-0.25, -0.2) is 8.42 Å². The fourth-order valence-electron chi connectivity index (χ4n) is 2.16. The molecule has 1 amide bonds. The van der Waals surface area contributed by atoms with E-state index in [9.17, 15) is 13.2 Å². The molecule has 2 aromatic carbocycles. The summed E-state index contributed by atoms with van der Waals surface area (Å²) < 4.78 is 30.2. The molecule has 0 aliphatic rings. The number of hydrogen-bond donors (Lipinski definition) is 2. The van der Waals surface area contributed by atoms with Crippen molar-refractivity contribution >= 4 is 27.7 Å². The number of hydrogen-bond acceptors (Lipinski definition) is 4. The highest BCUT2D eigenvalue weighted by molar-refractivity contribution is 7.92. The molecule has 138 valence electrons. The van der Waals surface area contributed by atoms with E-state index in [1.165, 1.54) is 6.08 Å². The van der Waals surface area contributed by atoms with E-state index in [2.05, 4.69) is 10.0 Å². The number of amides is 1. The van der Waals surface area contributed by atoms with Crippen molar-refractivity contribution in [1.82, 2.24) is 5.32 Å². The fraction of sp³-hybridized carbons (Fsp3) is 0.211. The molecule has 0 saturated heterocycles. The maximum absolute atomic E-state index is 11.8. The molecule has 2 N–H and O–H groups in total. The molecule has 2 aromatic rings. The molecule has 0 spiro atoms. The van der Waals surface area contributed by atoms with E-state index in [1.807, 2.05) is 31.2 Å². The van der Waals surface area contributed by atoms with Crippen LogP contribution in [0.5, 0.6) is 5.75 Å². The Kier molecular flexibility index (Phi) is 6.80. The number of carbonyl (C=O) groups excluding carboxylic acids is 1. The molecule has 0 aliphatic heterocycles. The Hall–Kier alpha value is -2.80. The number of rotatable bonds is 8. The van der Waals surface area contributed by atoms with Gasteiger partial charge in [-0.05, 0) is 48.4 Å². The lowest BCUT2D eigenvalue weighted by Gasteiger charge is -2.07. The first-order chi connectivity index (χ1) is 12.3. The highest BCUT2D eigenvalue weighted by atomic mass is 32.2. The summed E-state index contributed by atoms with van der Waals surface area (Å²) in [5.74, 6) is 0.550. The second-order valence-electron chi connectivity index (χ2n) is 5.79. The predicted molar refractivity (Wildman–Crippen MR) is 104 cm³/mol. The van der Waals surface area contributed by atoms with Crippen molar-refractivity contribution in [3.63, 3.8) is 0 Å². The van der Waals surface area contributed by atoms with Crippen molar-refractivity contribution in [3.05, 3.63) is 65.7 Å². The molecule has 0 aliphatic carbocycles. The molecule has 0 radical (unpaired) electrons. The van der Waals surface area contributed by atoms with E-state index in [0.29, 0.717) is 18.8 Å². The second-order valence-corrected chi connectivity index (χ2v) is 7.53. The molecule has 0 bridgehead atoms. The van der Waals surface area contributed by atoms with Gasteiger partial charge in [-0.15, -0.1) is 0 Å². The monoisotopic (exact) mass is 374 g/mol. The summed E-state index contributed by atoms with van der Waals surface area (Å²) in [6.07, 6.45) is 4.17. The first-order valence-corrected chi connectivity index (χ1v) is 9.94. The smallest absolute Gasteiger partial charge is 0.244 e. The quantitative estimate of drug-likeness (QED) is 0.549. The van der Waals surface area contributed by atoms with Gasteiger partial charge in [0.1, 0.15) is 12.4 Å². The summed E-state index contributed by atoms with van der Waals surface area (Å²) in [4.78, 5) is 11.8. The molecular weight excluding hydrogens is 352 g/mol. The third-order valence-corrected chi connectivity index (χ3v) is 3.91. The minimum Gasteiger partial charge on any atom is -0.492 e. The van der Waals surface area contributed by atoms with Gasteiger partial charge in [-0.2, -0.15) is 0 Å². The summed E-state index contributed by atoms with van der Waals surface area (Å²) >= 11 is 0. The van der Waals surface area contributed by atoms with Gasteiger partial charge >= 0.3 is 0 Å². The van der Waals surface area contributed by atoms with Crippen LogP contribution in [0, 0.1) is 6.92 Å². The zero-order valence-corrected chi connectivity index (χ0v) is 15.5. The number of sulfonamides is 1. The molecule has 7 heteroatoms. The number of carbonyl (C=O) groups is 1. The molecule has 0 atom stereocenters. The summed E-state index contributed by atoms with van der Waals surface area (Å²) in [5.41, 5.74) is 2.38. The minimum absolute atomic E-state index is 0.226. The highest BCUT2D eigenvalue weighted by Crippen LogP contribution is 2.12. The van der Waals surface area contributed by atoms with Crippen LogP contribution in [-0.2, 0) is 14.8 Å². The Bertz CT molecular complexity index is 875. The van der Waals surface area contributed by atoms with Crippen molar-refractivity contribution in [1.29, 1.82) is 0 Å². The fourth-order valence-corrected chi connectivity index (χ4v) is 2.72. The van der Waals surface area contributed by atoms with Crippen LogP contribution in [0.4, 0.5) is 5.69 Å². The van der Waals surface area contributed by atoms with Crippen molar-refractivity contribution in [2.75, 3.05) is 24.1 Å². The van der Waals surface area contributed by atoms with Crippen molar-refractivity contribution in [2.45, 2.75) is 6.92 Å². The van der Waals surface area contributed by atoms with Crippen LogP contribution in [0.15, 0.2) is 54.6 Å². The van der Waals surface area contributed by atoms with E-state index in [1.54, 1.807) is 30.3 Å². The van der Waals surface area contributed by atoms with E-state index in [0.717, 1.165) is 23.1 Å². The van der Waals surface area contributed by atoms with E-state index >= 15 is 0 Å². The van der Waals surface area contributed by atoms with Gasteiger partial charge in [0.15, 0.2) is 0 Å². The Morgan fingerprint density at radius 2 is 1.88 bits per heavy atom. The van der Waals surface area contributed by atoms with Gasteiger partial charge in [-0.3, -0.25) is 9.52 Å². The molecule has 26 heavy (non-hydrogen) atoms. The topological polar surface area (TPSA) is 84.5 Å². The molecule has 0 saturated carbocycles. The van der Waals surface area contributed by atoms with E-state index < -0.39 is 10.0 Å². The number of benzene rings is 2. The summed E-state index contributed by atoms with van der Waals surface area (Å²) in [7, 11) is -3.30. The summed E-state index contributed by atoms with van der Waals surface area (Å²) in [5, 5.41) is 2.74. The summed E-state index contributed by atoms with van der Waals surface area (Å²) in [6, 6.07) is 14.4. The average Bonchev–Trinajstić information content (AvgIpc) is 2.57. The second kappa shape index (κ2) is 9.05. The predicted octanol–water partition coefficient (Wildman–Crippen LogP) is 2.57. The average molecular weight is 374 g/mol. The van der Waals surface area contributed by atoms with Crippen molar-refractivity contribution < 1.29 is 17.9 Å². The largest absolute Gasteiger partial charge is 0.492 e. The Balaban J connectivity index is 1.75. The van der Waals surface area contributed by atoms with Crippen LogP contribution < -0.4 is 14.8 Å². The van der Waals surface area contributed by atoms with Gasteiger partial charge in [0, 0.05) is 11.8 Å². The standard InChI is InChI=1S/C19H22N2O4S/c1-15-4-3-5-18(14-15)25-13-12-20-19(22)11-8-16-6-9-17(10-7-16)21-26(2,23)24/h3-11,14,21H,12-13H2,1-2H3,(H,20,22)/b11-8+. The number of anilines is 1. The van der Waals surface area contributed by atoms with Crippen LogP contribution >= 0.6 is 0 Å². The van der Waals surface area contributed by atoms with Gasteiger partial charge in [0.2, 0.25) is 15.9 Å². The van der Waals surface area contributed by atoms with Crippen LogP contribution in [0.1, 0.15) is 11.1 Å². The van der Waals surface area contributed by atoms with E-state index in [-0.39, 0.29) is 5.91 Å². The van der Waals surface area contributed by atoms with Crippen LogP contribution in [0.25, 0.3) is 6.08 Å². The van der Waals surface area contributed by atoms with Gasteiger partial charge in [0.05, 0.1) is 12.8 Å². The third-order valence-electron chi connectivity index (χ3n) is 3.30. The van der Waals surface area contributed by atoms with Gasteiger partial charge in [0.25, 0.3) is 0 Å². The van der Waals surface area contributed by atoms with Crippen LogP contribution in [0.3, 0.4) is 0 Å². The maximum atomic E-state index is 11.8. The lowest BCUT2D eigenvalue weighted by molar-refractivity contribution is -0.116. The molecule has 0 unspecified atom stereocenters. The molecule has 6 nitrogen and oxygen atoms in total. The summed E-state index contributed by atoms with van der Waals surface area (Å²) in [6.45, 7) is 2.77. The minimum atomic E-state index is -3.30. The number of nitrogens with one attached hydrogen (secondary N) is 2. The van der Waals surface area contributed by atoms with E-state index in [4.69, 9.17) is 4.74 Å². The molecule has 0 heterocycles. The van der Waals surface area contributed by atoms with Crippen molar-refractivity contribution in [2.24, 2.45) is 0 Å². The Labute approximate surface area is 153 Å². The van der Waals surface area contributed by atoms with Gasteiger partial charge in [-0.1, -0.05) is 24.3 Å². The molecule has 0 aromatic heterocycles. The van der Waals surface area contributed by atoms with Crippen LogP contribution in [0.2, 0.25) is 0 Å². The maximum Gasteiger partial charge on any atom is 0.244 e. The first-order valence-electron chi connectivity index (χ1n) is 8.05. The Morgan fingerprint density at radius 3 is 2.54 bits per heavy atom. The van der Waals surface area contributed by atoms with Crippen molar-refractivity contribution in [3.8, 4) is 5.75 Å². The number of ether oxygens (including phenoxy) is 1. The highest BCUT2D eigenvalue weighted by Gasteiger charge is 2.01. The molecular formula is C19H22N2O4S. The number of aryl methyl sites for hydroxylation is 1. The SMILES string of the molecule is Cc1cccc(OCCNC(=O)/C=C/c2ccc(NS(C)(=O)=O)cc2)c1. The molecule has 2 rings (SSSR count). The molecule has 0 fully saturated rings. The zero-order chi connectivity index (χ0) is 19.0.